The second-order valence-corrected chi connectivity index (χ2v) is 10.2. The summed E-state index contributed by atoms with van der Waals surface area (Å²) in [6.45, 7) is 5.23. The average molecular weight is 515 g/mol. The minimum Gasteiger partial charge on any atom is -0.497 e. The normalized spacial score (nSPS) is 14.1. The van der Waals surface area contributed by atoms with Crippen molar-refractivity contribution in [3.05, 3.63) is 94.8 Å². The van der Waals surface area contributed by atoms with Crippen molar-refractivity contribution in [3.8, 4) is 5.75 Å². The summed E-state index contributed by atoms with van der Waals surface area (Å²) in [6.07, 6.45) is 0. The van der Waals surface area contributed by atoms with Gasteiger partial charge in [-0.1, -0.05) is 43.3 Å². The van der Waals surface area contributed by atoms with Crippen LogP contribution < -0.4 is 14.8 Å². The van der Waals surface area contributed by atoms with Crippen LogP contribution in [0.15, 0.2) is 71.6 Å². The molecule has 3 aromatic carbocycles. The molecule has 0 radical (unpaired) electrons. The van der Waals surface area contributed by atoms with E-state index in [-0.39, 0.29) is 17.0 Å². The summed E-state index contributed by atoms with van der Waals surface area (Å²) >= 11 is 0. The van der Waals surface area contributed by atoms with E-state index in [1.807, 2.05) is 6.92 Å². The maximum atomic E-state index is 15.2. The van der Waals surface area contributed by atoms with Crippen LogP contribution in [0.3, 0.4) is 0 Å². The monoisotopic (exact) mass is 514 g/mol. The molecule has 0 fully saturated rings. The molecular weight excluding hydrogens is 483 g/mol. The second kappa shape index (κ2) is 11.2. The van der Waals surface area contributed by atoms with E-state index in [2.05, 4.69) is 10.0 Å². The van der Waals surface area contributed by atoms with Crippen LogP contribution in [0.4, 0.5) is 4.39 Å². The van der Waals surface area contributed by atoms with Crippen molar-refractivity contribution in [1.29, 1.82) is 0 Å². The van der Waals surface area contributed by atoms with Gasteiger partial charge in [-0.2, -0.15) is 4.72 Å². The first-order valence-electron chi connectivity index (χ1n) is 11.4. The molecule has 3 aromatic rings. The largest absolute Gasteiger partial charge is 0.497 e. The van der Waals surface area contributed by atoms with Gasteiger partial charge >= 0.3 is 5.97 Å². The highest BCUT2D eigenvalue weighted by atomic mass is 32.2. The van der Waals surface area contributed by atoms with E-state index >= 15 is 4.39 Å². The molecule has 2 unspecified atom stereocenters. The molecule has 0 aromatic heterocycles. The number of benzene rings is 3. The maximum Gasteiger partial charge on any atom is 0.342 e. The maximum absolute atomic E-state index is 15.2. The van der Waals surface area contributed by atoms with E-state index in [4.69, 9.17) is 9.47 Å². The van der Waals surface area contributed by atoms with Gasteiger partial charge in [-0.25, -0.2) is 17.6 Å². The van der Waals surface area contributed by atoms with Gasteiger partial charge in [0, 0.05) is 12.5 Å². The molecule has 3 rings (SSSR count). The lowest BCUT2D eigenvalue weighted by molar-refractivity contribution is -0.150. The summed E-state index contributed by atoms with van der Waals surface area (Å²) in [5, 5.41) is 3.06. The van der Waals surface area contributed by atoms with Crippen LogP contribution in [0.5, 0.6) is 5.75 Å². The fraction of sp³-hybridized carbons (Fsp3) is 0.296. The number of rotatable bonds is 10. The molecule has 0 amide bonds. The van der Waals surface area contributed by atoms with Gasteiger partial charge in [0.2, 0.25) is 10.0 Å². The topological polar surface area (TPSA) is 93.7 Å². The Balaban J connectivity index is 2.16. The zero-order valence-corrected chi connectivity index (χ0v) is 21.8. The summed E-state index contributed by atoms with van der Waals surface area (Å²) in [6, 6.07) is 17.7. The van der Waals surface area contributed by atoms with Crippen molar-refractivity contribution in [3.63, 3.8) is 0 Å². The Morgan fingerprint density at radius 3 is 2.22 bits per heavy atom. The standard InChI is InChI=1S/C27H31FN2O5S/c1-18-11-16-24(28)25(19(18)2)20(3)27(26(31)35-5,29-17-21-12-14-22(34-4)15-13-21)30-36(32,33)23-9-7-6-8-10-23/h6-16,20,29-30H,17H2,1-5H3. The lowest BCUT2D eigenvalue weighted by atomic mass is 9.83. The minimum absolute atomic E-state index is 0.0434. The van der Waals surface area contributed by atoms with Crippen molar-refractivity contribution in [2.45, 2.75) is 43.8 Å². The van der Waals surface area contributed by atoms with E-state index in [1.54, 1.807) is 69.5 Å². The van der Waals surface area contributed by atoms with Crippen LogP contribution in [-0.4, -0.2) is 34.3 Å². The number of ether oxygens (including phenoxy) is 2. The number of halogens is 1. The summed E-state index contributed by atoms with van der Waals surface area (Å²) in [7, 11) is -1.52. The third-order valence-corrected chi connectivity index (χ3v) is 7.89. The molecule has 36 heavy (non-hydrogen) atoms. The van der Waals surface area contributed by atoms with Crippen molar-refractivity contribution in [2.24, 2.45) is 0 Å². The molecule has 2 atom stereocenters. The number of methoxy groups -OCH3 is 2. The third kappa shape index (κ3) is 5.59. The Hall–Kier alpha value is -3.27. The summed E-state index contributed by atoms with van der Waals surface area (Å²) in [5.41, 5.74) is 0.331. The fourth-order valence-electron chi connectivity index (χ4n) is 4.14. The van der Waals surface area contributed by atoms with Gasteiger partial charge in [-0.3, -0.25) is 5.32 Å². The number of sulfonamides is 1. The molecular formula is C27H31FN2O5S. The summed E-state index contributed by atoms with van der Waals surface area (Å²) in [5.74, 6) is -1.80. The number of carbonyl (C=O) groups excluding carboxylic acids is 1. The Labute approximate surface area is 211 Å². The van der Waals surface area contributed by atoms with Gasteiger partial charge < -0.3 is 9.47 Å². The Kier molecular flexibility index (Phi) is 8.50. The Morgan fingerprint density at radius 1 is 1.00 bits per heavy atom. The summed E-state index contributed by atoms with van der Waals surface area (Å²) < 4.78 is 55.0. The molecule has 2 N–H and O–H groups in total. The van der Waals surface area contributed by atoms with Gasteiger partial charge in [-0.05, 0) is 66.4 Å². The smallest absolute Gasteiger partial charge is 0.342 e. The predicted molar refractivity (Wildman–Crippen MR) is 136 cm³/mol. The molecule has 192 valence electrons. The Morgan fingerprint density at radius 2 is 1.64 bits per heavy atom. The fourth-order valence-corrected chi connectivity index (χ4v) is 5.53. The number of hydrogen-bond acceptors (Lipinski definition) is 6. The van der Waals surface area contributed by atoms with E-state index in [0.717, 1.165) is 18.2 Å². The van der Waals surface area contributed by atoms with Crippen molar-refractivity contribution >= 4 is 16.0 Å². The van der Waals surface area contributed by atoms with E-state index in [9.17, 15) is 13.2 Å². The quantitative estimate of drug-likeness (QED) is 0.311. The van der Waals surface area contributed by atoms with Crippen LogP contribution in [0.1, 0.15) is 35.1 Å². The average Bonchev–Trinajstić information content (AvgIpc) is 2.89. The molecule has 0 aliphatic heterocycles. The first-order valence-corrected chi connectivity index (χ1v) is 12.8. The predicted octanol–water partition coefficient (Wildman–Crippen LogP) is 4.19. The number of aryl methyl sites for hydroxylation is 1. The lowest BCUT2D eigenvalue weighted by Gasteiger charge is -2.38. The van der Waals surface area contributed by atoms with Crippen LogP contribution in [-0.2, 0) is 26.1 Å². The van der Waals surface area contributed by atoms with Crippen molar-refractivity contribution in [2.75, 3.05) is 14.2 Å². The van der Waals surface area contributed by atoms with Gasteiger partial charge in [0.15, 0.2) is 5.66 Å². The number of esters is 1. The summed E-state index contributed by atoms with van der Waals surface area (Å²) in [4.78, 5) is 13.4. The molecule has 9 heteroatoms. The van der Waals surface area contributed by atoms with Gasteiger partial charge in [0.25, 0.3) is 0 Å². The molecule has 0 saturated carbocycles. The van der Waals surface area contributed by atoms with Gasteiger partial charge in [0.05, 0.1) is 19.1 Å². The van der Waals surface area contributed by atoms with Gasteiger partial charge in [-0.15, -0.1) is 0 Å². The molecule has 0 aliphatic carbocycles. The zero-order valence-electron chi connectivity index (χ0n) is 21.0. The van der Waals surface area contributed by atoms with Crippen molar-refractivity contribution in [1.82, 2.24) is 10.0 Å². The highest BCUT2D eigenvalue weighted by Crippen LogP contribution is 2.34. The van der Waals surface area contributed by atoms with Crippen LogP contribution in [0.25, 0.3) is 0 Å². The van der Waals surface area contributed by atoms with E-state index in [0.29, 0.717) is 11.3 Å². The van der Waals surface area contributed by atoms with Crippen LogP contribution in [0.2, 0.25) is 0 Å². The highest BCUT2D eigenvalue weighted by Gasteiger charge is 2.49. The molecule has 0 spiro atoms. The van der Waals surface area contributed by atoms with Crippen LogP contribution in [0, 0.1) is 19.7 Å². The first kappa shape index (κ1) is 27.3. The van der Waals surface area contributed by atoms with Crippen LogP contribution >= 0.6 is 0 Å². The first-order chi connectivity index (χ1) is 17.1. The minimum atomic E-state index is -4.23. The Bertz CT molecular complexity index is 1310. The lowest BCUT2D eigenvalue weighted by Crippen LogP contribution is -2.67. The molecule has 0 aliphatic rings. The van der Waals surface area contributed by atoms with Gasteiger partial charge in [0.1, 0.15) is 11.6 Å². The number of hydrogen-bond donors (Lipinski definition) is 2. The molecule has 0 saturated heterocycles. The zero-order chi connectivity index (χ0) is 26.5. The number of nitrogens with one attached hydrogen (secondary N) is 2. The molecule has 7 nitrogen and oxygen atoms in total. The third-order valence-electron chi connectivity index (χ3n) is 6.40. The highest BCUT2D eigenvalue weighted by molar-refractivity contribution is 7.89. The molecule has 0 heterocycles. The van der Waals surface area contributed by atoms with Crippen molar-refractivity contribution < 1.29 is 27.1 Å². The van der Waals surface area contributed by atoms with E-state index in [1.165, 1.54) is 18.2 Å². The number of carbonyl (C=O) groups is 1. The second-order valence-electron chi connectivity index (χ2n) is 8.54. The SMILES string of the molecule is COC(=O)C(NCc1ccc(OC)cc1)(NS(=O)(=O)c1ccccc1)C(C)c1c(F)ccc(C)c1C. The molecule has 0 bridgehead atoms. The van der Waals surface area contributed by atoms with E-state index < -0.39 is 33.4 Å².